The zero-order chi connectivity index (χ0) is 27.9. The molecular weight excluding hydrogens is 516 g/mol. The largest absolute Gasteiger partial charge is 0.494 e. The highest BCUT2D eigenvalue weighted by atomic mass is 35.5. The number of hydrogen-bond donors (Lipinski definition) is 0. The lowest BCUT2D eigenvalue weighted by Crippen LogP contribution is -2.58. The van der Waals surface area contributed by atoms with Gasteiger partial charge in [-0.1, -0.05) is 29.8 Å². The Bertz CT molecular complexity index is 1130. The summed E-state index contributed by atoms with van der Waals surface area (Å²) in [4.78, 5) is 35.4. The van der Waals surface area contributed by atoms with Crippen molar-refractivity contribution in [2.75, 3.05) is 20.3 Å². The third-order valence-corrected chi connectivity index (χ3v) is 6.43. The summed E-state index contributed by atoms with van der Waals surface area (Å²) in [5, 5.41) is 0.551. The van der Waals surface area contributed by atoms with Gasteiger partial charge in [0.1, 0.15) is 24.6 Å². The molecule has 2 aromatic rings. The summed E-state index contributed by atoms with van der Waals surface area (Å²) < 4.78 is 33.9. The van der Waals surface area contributed by atoms with Crippen LogP contribution in [0.5, 0.6) is 5.75 Å². The van der Waals surface area contributed by atoms with Crippen LogP contribution in [-0.4, -0.2) is 56.5 Å². The van der Waals surface area contributed by atoms with Crippen molar-refractivity contribution >= 4 is 29.5 Å². The first kappa shape index (κ1) is 29.4. The van der Waals surface area contributed by atoms with Crippen molar-refractivity contribution in [3.63, 3.8) is 0 Å². The Balaban J connectivity index is 1.98. The van der Waals surface area contributed by atoms with E-state index in [2.05, 4.69) is 0 Å². The smallest absolute Gasteiger partial charge is 0.303 e. The van der Waals surface area contributed by atoms with Gasteiger partial charge in [-0.25, -0.2) is 0 Å². The summed E-state index contributed by atoms with van der Waals surface area (Å²) in [6.45, 7) is 6.00. The maximum Gasteiger partial charge on any atom is 0.303 e. The van der Waals surface area contributed by atoms with E-state index >= 15 is 0 Å². The Labute approximate surface area is 227 Å². The van der Waals surface area contributed by atoms with Gasteiger partial charge in [0.05, 0.1) is 6.61 Å². The monoisotopic (exact) mass is 548 g/mol. The number of methoxy groups -OCH3 is 1. The molecule has 0 spiro atoms. The molecule has 0 saturated carbocycles. The minimum atomic E-state index is -1.42. The summed E-state index contributed by atoms with van der Waals surface area (Å²) >= 11 is 6.56. The van der Waals surface area contributed by atoms with Crippen LogP contribution in [0.15, 0.2) is 42.5 Å². The average Bonchev–Trinajstić information content (AvgIpc) is 2.86. The van der Waals surface area contributed by atoms with E-state index in [-0.39, 0.29) is 13.0 Å². The number of rotatable bonds is 10. The van der Waals surface area contributed by atoms with E-state index < -0.39 is 42.0 Å². The number of carbonyl (C=O) groups is 3. The fourth-order valence-electron chi connectivity index (χ4n) is 4.45. The maximum absolute atomic E-state index is 12.0. The Morgan fingerprint density at radius 1 is 1.00 bits per heavy atom. The molecule has 1 heterocycles. The summed E-state index contributed by atoms with van der Waals surface area (Å²) in [6, 6.07) is 13.1. The van der Waals surface area contributed by atoms with Gasteiger partial charge in [0.25, 0.3) is 0 Å². The Morgan fingerprint density at radius 3 is 2.26 bits per heavy atom. The highest BCUT2D eigenvalue weighted by Crippen LogP contribution is 2.42. The highest BCUT2D eigenvalue weighted by Gasteiger charge is 2.52. The first-order chi connectivity index (χ1) is 18.1. The Morgan fingerprint density at radius 2 is 1.68 bits per heavy atom. The van der Waals surface area contributed by atoms with Gasteiger partial charge in [-0.15, -0.1) is 0 Å². The lowest BCUT2D eigenvalue weighted by Gasteiger charge is -2.46. The molecule has 1 fully saturated rings. The number of carbonyl (C=O) groups excluding carboxylic acids is 3. The van der Waals surface area contributed by atoms with Crippen LogP contribution in [-0.2, 0) is 50.3 Å². The molecule has 38 heavy (non-hydrogen) atoms. The second kappa shape index (κ2) is 13.1. The van der Waals surface area contributed by atoms with Crippen molar-refractivity contribution in [2.24, 2.45) is 0 Å². The molecule has 3 rings (SSSR count). The van der Waals surface area contributed by atoms with E-state index in [4.69, 9.17) is 40.0 Å². The van der Waals surface area contributed by atoms with Crippen LogP contribution in [0.2, 0.25) is 5.02 Å². The van der Waals surface area contributed by atoms with Gasteiger partial charge >= 0.3 is 17.9 Å². The lowest BCUT2D eigenvalue weighted by atomic mass is 9.89. The molecule has 10 heteroatoms. The van der Waals surface area contributed by atoms with Crippen LogP contribution in [0.1, 0.15) is 50.8 Å². The molecule has 0 bridgehead atoms. The second-order valence-corrected chi connectivity index (χ2v) is 9.31. The van der Waals surface area contributed by atoms with Gasteiger partial charge in [0.15, 0.2) is 11.9 Å². The minimum absolute atomic E-state index is 0.0156. The van der Waals surface area contributed by atoms with Gasteiger partial charge in [-0.2, -0.15) is 0 Å². The van der Waals surface area contributed by atoms with E-state index in [0.29, 0.717) is 23.6 Å². The van der Waals surface area contributed by atoms with Crippen molar-refractivity contribution in [3.8, 4) is 5.75 Å². The standard InChI is InChI=1S/C28H33ClO9/c1-6-34-23-10-7-20(8-11-23)13-21-14-22(9-12-24(21)29)28(33-5)15-25(36-18(3)31)27(37-19(4)32)26(38-28)16-35-17(2)30/h7-12,14,25-27H,6,13,15-16H2,1-5H3/t25-,26-,27+,28?/m1/s1. The molecule has 1 saturated heterocycles. The summed E-state index contributed by atoms with van der Waals surface area (Å²) in [5.74, 6) is -2.35. The molecular formula is C28H33ClO9. The summed E-state index contributed by atoms with van der Waals surface area (Å²) in [6.07, 6.45) is -2.39. The molecule has 0 aromatic heterocycles. The number of hydrogen-bond acceptors (Lipinski definition) is 9. The van der Waals surface area contributed by atoms with Crippen molar-refractivity contribution in [1.82, 2.24) is 0 Å². The predicted molar refractivity (Wildman–Crippen MR) is 138 cm³/mol. The normalized spacial score (nSPS) is 22.8. The van der Waals surface area contributed by atoms with Crippen LogP contribution >= 0.6 is 11.6 Å². The molecule has 1 aliphatic heterocycles. The zero-order valence-electron chi connectivity index (χ0n) is 22.2. The van der Waals surface area contributed by atoms with Crippen molar-refractivity contribution < 1.29 is 42.8 Å². The number of halogens is 1. The number of esters is 3. The Kier molecular flexibility index (Phi) is 10.1. The van der Waals surface area contributed by atoms with E-state index in [9.17, 15) is 14.4 Å². The zero-order valence-corrected chi connectivity index (χ0v) is 22.9. The van der Waals surface area contributed by atoms with Crippen LogP contribution in [0.25, 0.3) is 0 Å². The molecule has 1 aliphatic rings. The molecule has 0 radical (unpaired) electrons. The maximum atomic E-state index is 12.0. The van der Waals surface area contributed by atoms with Crippen LogP contribution in [0.3, 0.4) is 0 Å². The van der Waals surface area contributed by atoms with E-state index in [1.807, 2.05) is 37.3 Å². The van der Waals surface area contributed by atoms with Crippen LogP contribution < -0.4 is 4.74 Å². The van der Waals surface area contributed by atoms with Crippen molar-refractivity contribution in [2.45, 2.75) is 64.6 Å². The van der Waals surface area contributed by atoms with Gasteiger partial charge in [0, 0.05) is 44.9 Å². The molecule has 0 aliphatic carbocycles. The molecule has 206 valence electrons. The third-order valence-electron chi connectivity index (χ3n) is 6.06. The first-order valence-electron chi connectivity index (χ1n) is 12.3. The molecule has 0 amide bonds. The van der Waals surface area contributed by atoms with Gasteiger partial charge < -0.3 is 28.4 Å². The minimum Gasteiger partial charge on any atom is -0.494 e. The van der Waals surface area contributed by atoms with E-state index in [0.717, 1.165) is 16.9 Å². The van der Waals surface area contributed by atoms with Gasteiger partial charge in [0.2, 0.25) is 0 Å². The molecule has 1 unspecified atom stereocenters. The lowest BCUT2D eigenvalue weighted by molar-refractivity contribution is -0.326. The Hall–Kier alpha value is -3.14. The molecule has 4 atom stereocenters. The van der Waals surface area contributed by atoms with Crippen molar-refractivity contribution in [3.05, 3.63) is 64.2 Å². The number of benzene rings is 2. The first-order valence-corrected chi connectivity index (χ1v) is 12.7. The van der Waals surface area contributed by atoms with Crippen molar-refractivity contribution in [1.29, 1.82) is 0 Å². The fraction of sp³-hybridized carbons (Fsp3) is 0.464. The number of ether oxygens (including phenoxy) is 6. The SMILES string of the molecule is CCOc1ccc(Cc2cc(C3(OC)C[C@@H](OC(C)=O)[C@H](OC(C)=O)[C@@H](COC(C)=O)O3)ccc2Cl)cc1. The summed E-state index contributed by atoms with van der Waals surface area (Å²) in [7, 11) is 1.46. The topological polar surface area (TPSA) is 107 Å². The van der Waals surface area contributed by atoms with Crippen LogP contribution in [0, 0.1) is 0 Å². The van der Waals surface area contributed by atoms with Gasteiger partial charge in [-0.05, 0) is 48.7 Å². The quantitative estimate of drug-likeness (QED) is 0.316. The average molecular weight is 549 g/mol. The molecule has 9 nitrogen and oxygen atoms in total. The van der Waals surface area contributed by atoms with E-state index in [1.54, 1.807) is 12.1 Å². The van der Waals surface area contributed by atoms with Crippen LogP contribution in [0.4, 0.5) is 0 Å². The fourth-order valence-corrected chi connectivity index (χ4v) is 4.63. The predicted octanol–water partition coefficient (Wildman–Crippen LogP) is 4.34. The molecule has 2 aromatic carbocycles. The molecule has 0 N–H and O–H groups in total. The third kappa shape index (κ3) is 7.46. The second-order valence-electron chi connectivity index (χ2n) is 8.90. The van der Waals surface area contributed by atoms with Gasteiger partial charge in [-0.3, -0.25) is 14.4 Å². The summed E-state index contributed by atoms with van der Waals surface area (Å²) in [5.41, 5.74) is 2.44. The van der Waals surface area contributed by atoms with E-state index in [1.165, 1.54) is 27.9 Å². The highest BCUT2D eigenvalue weighted by molar-refractivity contribution is 6.31.